The van der Waals surface area contributed by atoms with Crippen molar-refractivity contribution in [1.82, 2.24) is 0 Å². The van der Waals surface area contributed by atoms with Crippen molar-refractivity contribution in [3.63, 3.8) is 0 Å². The van der Waals surface area contributed by atoms with Gasteiger partial charge in [-0.15, -0.1) is 0 Å². The van der Waals surface area contributed by atoms with Crippen LogP contribution in [0.2, 0.25) is 0 Å². The number of rotatable bonds is 2. The third kappa shape index (κ3) is 2.00. The molecule has 5 heteroatoms. The second-order valence-corrected chi connectivity index (χ2v) is 6.38. The zero-order chi connectivity index (χ0) is 13.5. The van der Waals surface area contributed by atoms with Crippen molar-refractivity contribution in [3.05, 3.63) is 53.8 Å². The van der Waals surface area contributed by atoms with Crippen molar-refractivity contribution >= 4 is 15.5 Å². The van der Waals surface area contributed by atoms with E-state index < -0.39 is 15.7 Å². The SMILES string of the molecule is O=S(=O)(c1ccccc1)c1cc(F)c2c(c1)CCN2. The number of sulfone groups is 1. The third-order valence-corrected chi connectivity index (χ3v) is 4.95. The summed E-state index contributed by atoms with van der Waals surface area (Å²) in [6.07, 6.45) is 0.643. The van der Waals surface area contributed by atoms with Crippen LogP contribution in [0.15, 0.2) is 52.3 Å². The van der Waals surface area contributed by atoms with Crippen LogP contribution in [-0.2, 0) is 16.3 Å². The summed E-state index contributed by atoms with van der Waals surface area (Å²) < 4.78 is 38.7. The standard InChI is InChI=1S/C14H12FNO2S/c15-13-9-12(8-10-6-7-16-14(10)13)19(17,18)11-4-2-1-3-5-11/h1-5,8-9,16H,6-7H2. The Bertz CT molecular complexity index is 727. The minimum absolute atomic E-state index is 0.0126. The Balaban J connectivity index is 2.16. The maximum absolute atomic E-state index is 13.9. The van der Waals surface area contributed by atoms with Gasteiger partial charge in [0.15, 0.2) is 0 Å². The molecule has 1 aliphatic heterocycles. The Morgan fingerprint density at radius 1 is 1.05 bits per heavy atom. The number of hydrogen-bond donors (Lipinski definition) is 1. The molecule has 2 aromatic carbocycles. The minimum Gasteiger partial charge on any atom is -0.382 e. The maximum atomic E-state index is 13.9. The van der Waals surface area contributed by atoms with Crippen molar-refractivity contribution in [2.75, 3.05) is 11.9 Å². The van der Waals surface area contributed by atoms with Crippen LogP contribution in [0.4, 0.5) is 10.1 Å². The number of nitrogens with one attached hydrogen (secondary N) is 1. The lowest BCUT2D eigenvalue weighted by Crippen LogP contribution is -2.03. The summed E-state index contributed by atoms with van der Waals surface area (Å²) in [5.41, 5.74) is 1.14. The molecule has 0 saturated carbocycles. The van der Waals surface area contributed by atoms with Gasteiger partial charge in [-0.1, -0.05) is 18.2 Å². The molecular weight excluding hydrogens is 265 g/mol. The van der Waals surface area contributed by atoms with E-state index in [0.29, 0.717) is 18.7 Å². The zero-order valence-corrected chi connectivity index (χ0v) is 10.9. The van der Waals surface area contributed by atoms with Gasteiger partial charge in [-0.3, -0.25) is 0 Å². The molecule has 1 aliphatic rings. The van der Waals surface area contributed by atoms with E-state index in [4.69, 9.17) is 0 Å². The van der Waals surface area contributed by atoms with E-state index in [9.17, 15) is 12.8 Å². The van der Waals surface area contributed by atoms with Crippen molar-refractivity contribution in [2.45, 2.75) is 16.2 Å². The average Bonchev–Trinajstić information content (AvgIpc) is 2.88. The number of anilines is 1. The van der Waals surface area contributed by atoms with Crippen LogP contribution < -0.4 is 5.32 Å². The van der Waals surface area contributed by atoms with Gasteiger partial charge in [-0.05, 0) is 36.2 Å². The maximum Gasteiger partial charge on any atom is 0.206 e. The molecule has 0 atom stereocenters. The third-order valence-electron chi connectivity index (χ3n) is 3.21. The summed E-state index contributed by atoms with van der Waals surface area (Å²) in [7, 11) is -3.65. The van der Waals surface area contributed by atoms with Crippen LogP contribution in [0, 0.1) is 5.82 Å². The van der Waals surface area contributed by atoms with E-state index in [1.54, 1.807) is 24.3 Å². The molecule has 0 spiro atoms. The van der Waals surface area contributed by atoms with Gasteiger partial charge in [0.1, 0.15) is 5.82 Å². The minimum atomic E-state index is -3.65. The highest BCUT2D eigenvalue weighted by atomic mass is 32.2. The molecule has 0 aromatic heterocycles. The van der Waals surface area contributed by atoms with E-state index in [1.807, 2.05) is 0 Å². The first-order valence-corrected chi connectivity index (χ1v) is 7.44. The van der Waals surface area contributed by atoms with Crippen molar-refractivity contribution in [3.8, 4) is 0 Å². The summed E-state index contributed by atoms with van der Waals surface area (Å²) in [5.74, 6) is -0.510. The normalized spacial score (nSPS) is 13.9. The zero-order valence-electron chi connectivity index (χ0n) is 10.1. The van der Waals surface area contributed by atoms with E-state index in [0.717, 1.165) is 11.6 Å². The van der Waals surface area contributed by atoms with E-state index in [2.05, 4.69) is 5.32 Å². The van der Waals surface area contributed by atoms with Gasteiger partial charge >= 0.3 is 0 Å². The first-order chi connectivity index (χ1) is 9.09. The Kier molecular flexibility index (Phi) is 2.78. The highest BCUT2D eigenvalue weighted by Crippen LogP contribution is 2.31. The summed E-state index contributed by atoms with van der Waals surface area (Å²) in [6.45, 7) is 0.640. The Morgan fingerprint density at radius 3 is 2.53 bits per heavy atom. The van der Waals surface area contributed by atoms with Crippen molar-refractivity contribution < 1.29 is 12.8 Å². The number of fused-ring (bicyclic) bond motifs is 1. The van der Waals surface area contributed by atoms with Gasteiger partial charge in [-0.2, -0.15) is 0 Å². The van der Waals surface area contributed by atoms with Gasteiger partial charge in [0.05, 0.1) is 15.5 Å². The summed E-state index contributed by atoms with van der Waals surface area (Å²) in [6, 6.07) is 10.7. The molecule has 98 valence electrons. The Labute approximate surface area is 111 Å². The smallest absolute Gasteiger partial charge is 0.206 e. The lowest BCUT2D eigenvalue weighted by Gasteiger charge is -2.08. The lowest BCUT2D eigenvalue weighted by atomic mass is 10.1. The van der Waals surface area contributed by atoms with Crippen molar-refractivity contribution in [1.29, 1.82) is 0 Å². The average molecular weight is 277 g/mol. The fourth-order valence-corrected chi connectivity index (χ4v) is 3.59. The molecule has 2 aromatic rings. The number of hydrogen-bond acceptors (Lipinski definition) is 3. The Morgan fingerprint density at radius 2 is 1.79 bits per heavy atom. The first kappa shape index (κ1) is 12.2. The molecule has 0 amide bonds. The van der Waals surface area contributed by atoms with Crippen LogP contribution in [0.5, 0.6) is 0 Å². The van der Waals surface area contributed by atoms with Gasteiger partial charge < -0.3 is 5.32 Å². The monoisotopic (exact) mass is 277 g/mol. The summed E-state index contributed by atoms with van der Waals surface area (Å²) in [4.78, 5) is 0.193. The highest BCUT2D eigenvalue weighted by Gasteiger charge is 2.23. The molecule has 0 radical (unpaired) electrons. The molecule has 3 nitrogen and oxygen atoms in total. The molecular formula is C14H12FNO2S. The summed E-state index contributed by atoms with van der Waals surface area (Å²) in [5, 5.41) is 2.92. The molecule has 0 bridgehead atoms. The quantitative estimate of drug-likeness (QED) is 0.918. The molecule has 0 unspecified atom stereocenters. The second-order valence-electron chi connectivity index (χ2n) is 4.43. The molecule has 3 rings (SSSR count). The fourth-order valence-electron chi connectivity index (χ4n) is 2.24. The van der Waals surface area contributed by atoms with Crippen molar-refractivity contribution in [2.24, 2.45) is 0 Å². The van der Waals surface area contributed by atoms with Crippen LogP contribution in [0.25, 0.3) is 0 Å². The largest absolute Gasteiger partial charge is 0.382 e. The van der Waals surface area contributed by atoms with Crippen LogP contribution >= 0.6 is 0 Å². The predicted molar refractivity (Wildman–Crippen MR) is 70.5 cm³/mol. The molecule has 1 N–H and O–H groups in total. The van der Waals surface area contributed by atoms with Gasteiger partial charge in [-0.25, -0.2) is 12.8 Å². The van der Waals surface area contributed by atoms with Crippen LogP contribution in [0.1, 0.15) is 5.56 Å². The first-order valence-electron chi connectivity index (χ1n) is 5.95. The van der Waals surface area contributed by atoms with Crippen LogP contribution in [0.3, 0.4) is 0 Å². The number of halogens is 1. The van der Waals surface area contributed by atoms with Crippen LogP contribution in [-0.4, -0.2) is 15.0 Å². The van der Waals surface area contributed by atoms with Gasteiger partial charge in [0, 0.05) is 6.54 Å². The molecule has 0 saturated heterocycles. The Hall–Kier alpha value is -1.88. The molecule has 0 fully saturated rings. The molecule has 1 heterocycles. The van der Waals surface area contributed by atoms with E-state index in [1.165, 1.54) is 12.1 Å². The molecule has 0 aliphatic carbocycles. The molecule has 19 heavy (non-hydrogen) atoms. The summed E-state index contributed by atoms with van der Waals surface area (Å²) >= 11 is 0. The van der Waals surface area contributed by atoms with Gasteiger partial charge in [0.25, 0.3) is 0 Å². The van der Waals surface area contributed by atoms with E-state index in [-0.39, 0.29) is 9.79 Å². The topological polar surface area (TPSA) is 46.2 Å². The number of benzene rings is 2. The lowest BCUT2D eigenvalue weighted by molar-refractivity contribution is 0.591. The van der Waals surface area contributed by atoms with Gasteiger partial charge in [0.2, 0.25) is 9.84 Å². The predicted octanol–water partition coefficient (Wildman–Crippen LogP) is 2.63. The van der Waals surface area contributed by atoms with E-state index >= 15 is 0 Å². The second kappa shape index (κ2) is 4.35. The highest BCUT2D eigenvalue weighted by molar-refractivity contribution is 7.91. The fraction of sp³-hybridized carbons (Fsp3) is 0.143.